The van der Waals surface area contributed by atoms with Gasteiger partial charge >= 0.3 is 0 Å². The Morgan fingerprint density at radius 2 is 1.81 bits per heavy atom. The maximum Gasteiger partial charge on any atom is 0.0555 e. The van der Waals surface area contributed by atoms with Crippen LogP contribution in [-0.2, 0) is 0 Å². The molecule has 0 saturated heterocycles. The van der Waals surface area contributed by atoms with Gasteiger partial charge in [0.15, 0.2) is 0 Å². The van der Waals surface area contributed by atoms with Crippen molar-refractivity contribution in [2.24, 2.45) is 11.8 Å². The Hall–Kier alpha value is -0.0800. The molecule has 3 aliphatic rings. The van der Waals surface area contributed by atoms with E-state index in [0.29, 0.717) is 6.04 Å². The molecule has 3 saturated carbocycles. The van der Waals surface area contributed by atoms with Gasteiger partial charge in [0.25, 0.3) is 0 Å². The monoisotopic (exact) mass is 223 g/mol. The fraction of sp³-hybridized carbons (Fsp3) is 1.00. The highest BCUT2D eigenvalue weighted by Crippen LogP contribution is 2.40. The summed E-state index contributed by atoms with van der Waals surface area (Å²) in [5.74, 6) is 1.79. The minimum Gasteiger partial charge on any atom is -0.393 e. The molecule has 0 spiro atoms. The Kier molecular flexibility index (Phi) is 2.97. The molecule has 3 rings (SSSR count). The lowest BCUT2D eigenvalue weighted by Crippen LogP contribution is -2.46. The van der Waals surface area contributed by atoms with Crippen LogP contribution < -0.4 is 0 Å². The van der Waals surface area contributed by atoms with E-state index in [4.69, 9.17) is 0 Å². The van der Waals surface area contributed by atoms with Crippen LogP contribution in [0.4, 0.5) is 0 Å². The first-order chi connectivity index (χ1) is 7.74. The van der Waals surface area contributed by atoms with Crippen LogP contribution in [-0.4, -0.2) is 34.7 Å². The molecule has 1 N–H and O–H groups in total. The van der Waals surface area contributed by atoms with E-state index in [1.807, 2.05) is 0 Å². The van der Waals surface area contributed by atoms with E-state index in [-0.39, 0.29) is 6.10 Å². The number of hydrogen-bond acceptors (Lipinski definition) is 2. The lowest BCUT2D eigenvalue weighted by molar-refractivity contribution is 0.0260. The second-order valence-electron chi connectivity index (χ2n) is 6.38. The molecule has 2 heteroatoms. The average Bonchev–Trinajstić information content (AvgIpc) is 3.12. The molecule has 0 bridgehead atoms. The van der Waals surface area contributed by atoms with E-state index in [1.165, 1.54) is 38.6 Å². The predicted octanol–water partition coefficient (Wildman–Crippen LogP) is 2.41. The molecule has 3 atom stereocenters. The predicted molar refractivity (Wildman–Crippen MR) is 65.3 cm³/mol. The zero-order chi connectivity index (χ0) is 11.1. The Morgan fingerprint density at radius 3 is 2.44 bits per heavy atom. The molecular formula is C14H25NO. The van der Waals surface area contributed by atoms with Gasteiger partial charge in [0.05, 0.1) is 6.10 Å². The second kappa shape index (κ2) is 4.30. The highest BCUT2D eigenvalue weighted by Gasteiger charge is 2.41. The van der Waals surface area contributed by atoms with Crippen molar-refractivity contribution >= 4 is 0 Å². The van der Waals surface area contributed by atoms with Crippen molar-refractivity contribution in [2.75, 3.05) is 6.54 Å². The van der Waals surface area contributed by atoms with Crippen molar-refractivity contribution in [1.82, 2.24) is 4.90 Å². The first kappa shape index (κ1) is 11.0. The Balaban J connectivity index is 1.65. The summed E-state index contributed by atoms with van der Waals surface area (Å²) in [5, 5.41) is 9.87. The maximum absolute atomic E-state index is 9.87. The van der Waals surface area contributed by atoms with Crippen LogP contribution in [0.5, 0.6) is 0 Å². The van der Waals surface area contributed by atoms with E-state index in [0.717, 1.165) is 30.7 Å². The van der Waals surface area contributed by atoms with Crippen LogP contribution >= 0.6 is 0 Å². The Labute approximate surface area is 99.0 Å². The van der Waals surface area contributed by atoms with Gasteiger partial charge in [0.2, 0.25) is 0 Å². The summed E-state index contributed by atoms with van der Waals surface area (Å²) >= 11 is 0. The number of hydrogen-bond donors (Lipinski definition) is 1. The summed E-state index contributed by atoms with van der Waals surface area (Å²) in [4.78, 5) is 2.77. The minimum atomic E-state index is -0.0262. The van der Waals surface area contributed by atoms with Crippen LogP contribution in [0, 0.1) is 11.8 Å². The summed E-state index contributed by atoms with van der Waals surface area (Å²) in [6.45, 7) is 3.71. The smallest absolute Gasteiger partial charge is 0.0555 e. The number of nitrogens with zero attached hydrogens (tertiary/aromatic N) is 1. The van der Waals surface area contributed by atoms with Crippen LogP contribution in [0.25, 0.3) is 0 Å². The molecule has 3 aliphatic carbocycles. The zero-order valence-corrected chi connectivity index (χ0v) is 10.4. The molecule has 0 aromatic rings. The van der Waals surface area contributed by atoms with Crippen molar-refractivity contribution in [2.45, 2.75) is 70.1 Å². The second-order valence-corrected chi connectivity index (χ2v) is 6.38. The molecule has 16 heavy (non-hydrogen) atoms. The van der Waals surface area contributed by atoms with Crippen LogP contribution in [0.15, 0.2) is 0 Å². The number of aliphatic hydroxyl groups excluding tert-OH is 1. The highest BCUT2D eigenvalue weighted by molar-refractivity contribution is 4.95. The molecule has 0 aliphatic heterocycles. The van der Waals surface area contributed by atoms with Gasteiger partial charge in [-0.3, -0.25) is 4.90 Å². The zero-order valence-electron chi connectivity index (χ0n) is 10.4. The minimum absolute atomic E-state index is 0.0262. The van der Waals surface area contributed by atoms with Gasteiger partial charge in [-0.25, -0.2) is 0 Å². The molecule has 0 heterocycles. The normalized spacial score (nSPS) is 40.3. The fourth-order valence-electron chi connectivity index (χ4n) is 3.30. The molecule has 2 nitrogen and oxygen atoms in total. The van der Waals surface area contributed by atoms with Gasteiger partial charge < -0.3 is 5.11 Å². The summed E-state index contributed by atoms with van der Waals surface area (Å²) < 4.78 is 0. The molecule has 3 unspecified atom stereocenters. The lowest BCUT2D eigenvalue weighted by atomic mass is 9.83. The van der Waals surface area contributed by atoms with Gasteiger partial charge in [0, 0.05) is 18.6 Å². The van der Waals surface area contributed by atoms with E-state index in [1.54, 1.807) is 0 Å². The first-order valence-electron chi connectivity index (χ1n) is 7.18. The van der Waals surface area contributed by atoms with E-state index in [9.17, 15) is 5.11 Å². The largest absolute Gasteiger partial charge is 0.393 e. The summed E-state index contributed by atoms with van der Waals surface area (Å²) in [6.07, 6.45) is 8.98. The van der Waals surface area contributed by atoms with Crippen LogP contribution in [0.3, 0.4) is 0 Å². The highest BCUT2D eigenvalue weighted by atomic mass is 16.3. The van der Waals surface area contributed by atoms with Gasteiger partial charge in [-0.2, -0.15) is 0 Å². The fourth-order valence-corrected chi connectivity index (χ4v) is 3.30. The van der Waals surface area contributed by atoms with Crippen molar-refractivity contribution in [3.63, 3.8) is 0 Å². The van der Waals surface area contributed by atoms with Crippen molar-refractivity contribution < 1.29 is 5.11 Å². The lowest BCUT2D eigenvalue weighted by Gasteiger charge is -2.40. The standard InChI is InChI=1S/C14H25NO/c1-10-2-7-13(16)8-14(10)15(12-5-6-12)9-11-3-4-11/h10-14,16H,2-9H2,1H3. The number of rotatable bonds is 4. The summed E-state index contributed by atoms with van der Waals surface area (Å²) in [6, 6.07) is 1.55. The molecule has 0 aromatic heterocycles. The SMILES string of the molecule is CC1CCC(O)CC1N(CC1CC1)C1CC1. The molecule has 0 aromatic carbocycles. The van der Waals surface area contributed by atoms with Crippen molar-refractivity contribution in [3.05, 3.63) is 0 Å². The van der Waals surface area contributed by atoms with E-state index < -0.39 is 0 Å². The first-order valence-corrected chi connectivity index (χ1v) is 7.18. The molecule has 3 fully saturated rings. The quantitative estimate of drug-likeness (QED) is 0.791. The van der Waals surface area contributed by atoms with Gasteiger partial charge in [-0.05, 0) is 56.8 Å². The third-order valence-corrected chi connectivity index (χ3v) is 4.73. The molecule has 92 valence electrons. The summed E-state index contributed by atoms with van der Waals surface area (Å²) in [5.41, 5.74) is 0. The Bertz CT molecular complexity index is 245. The third-order valence-electron chi connectivity index (χ3n) is 4.73. The van der Waals surface area contributed by atoms with Gasteiger partial charge in [-0.15, -0.1) is 0 Å². The topological polar surface area (TPSA) is 23.5 Å². The molecule has 0 radical (unpaired) electrons. The maximum atomic E-state index is 9.87. The van der Waals surface area contributed by atoms with Gasteiger partial charge in [-0.1, -0.05) is 6.92 Å². The van der Waals surface area contributed by atoms with E-state index >= 15 is 0 Å². The average molecular weight is 223 g/mol. The van der Waals surface area contributed by atoms with Crippen LogP contribution in [0.1, 0.15) is 51.9 Å². The number of aliphatic hydroxyl groups is 1. The van der Waals surface area contributed by atoms with Crippen molar-refractivity contribution in [1.29, 1.82) is 0 Å². The third kappa shape index (κ3) is 2.43. The van der Waals surface area contributed by atoms with Gasteiger partial charge in [0.1, 0.15) is 0 Å². The Morgan fingerprint density at radius 1 is 1.06 bits per heavy atom. The van der Waals surface area contributed by atoms with Crippen molar-refractivity contribution in [3.8, 4) is 0 Å². The molecule has 0 amide bonds. The molecular weight excluding hydrogens is 198 g/mol. The van der Waals surface area contributed by atoms with Crippen LogP contribution in [0.2, 0.25) is 0 Å². The van der Waals surface area contributed by atoms with E-state index in [2.05, 4.69) is 11.8 Å². The summed E-state index contributed by atoms with van der Waals surface area (Å²) in [7, 11) is 0.